The second-order valence-electron chi connectivity index (χ2n) is 4.23. The molecule has 3 nitrogen and oxygen atoms in total. The number of ether oxygens (including phenoxy) is 1. The molecular formula is C16H16INO2. The van der Waals surface area contributed by atoms with Gasteiger partial charge in [-0.2, -0.15) is 0 Å². The van der Waals surface area contributed by atoms with Crippen LogP contribution in [0.5, 0.6) is 5.75 Å². The Morgan fingerprint density at radius 1 is 1.15 bits per heavy atom. The van der Waals surface area contributed by atoms with Crippen LogP contribution in [-0.4, -0.2) is 19.6 Å². The molecule has 0 atom stereocenters. The molecule has 0 aliphatic rings. The van der Waals surface area contributed by atoms with Crippen molar-refractivity contribution in [1.82, 2.24) is 0 Å². The van der Waals surface area contributed by atoms with Crippen molar-refractivity contribution < 1.29 is 9.53 Å². The minimum Gasteiger partial charge on any atom is -0.497 e. The Morgan fingerprint density at radius 3 is 2.35 bits per heavy atom. The smallest absolute Gasteiger partial charge is 0.258 e. The fraction of sp³-hybridized carbons (Fsp3) is 0.188. The maximum absolute atomic E-state index is 12.6. The van der Waals surface area contributed by atoms with Crippen molar-refractivity contribution in [2.45, 2.75) is 6.92 Å². The van der Waals surface area contributed by atoms with Crippen molar-refractivity contribution in [3.8, 4) is 5.75 Å². The summed E-state index contributed by atoms with van der Waals surface area (Å²) in [5.74, 6) is 0.748. The Bertz CT molecular complexity index is 596. The molecule has 0 aliphatic heterocycles. The van der Waals surface area contributed by atoms with Crippen LogP contribution in [0.1, 0.15) is 17.3 Å². The number of methoxy groups -OCH3 is 1. The van der Waals surface area contributed by atoms with Gasteiger partial charge in [-0.15, -0.1) is 0 Å². The first kappa shape index (κ1) is 14.8. The number of nitrogens with zero attached hydrogens (tertiary/aromatic N) is 1. The number of benzene rings is 2. The number of halogens is 1. The topological polar surface area (TPSA) is 29.5 Å². The molecule has 0 saturated carbocycles. The van der Waals surface area contributed by atoms with Crippen molar-refractivity contribution in [3.63, 3.8) is 0 Å². The van der Waals surface area contributed by atoms with Crippen molar-refractivity contribution in [2.24, 2.45) is 0 Å². The largest absolute Gasteiger partial charge is 0.497 e. The molecule has 2 aromatic carbocycles. The second kappa shape index (κ2) is 6.74. The van der Waals surface area contributed by atoms with Gasteiger partial charge < -0.3 is 9.64 Å². The molecule has 0 unspecified atom stereocenters. The predicted molar refractivity (Wildman–Crippen MR) is 89.5 cm³/mol. The normalized spacial score (nSPS) is 10.2. The zero-order valence-electron chi connectivity index (χ0n) is 11.5. The lowest BCUT2D eigenvalue weighted by Crippen LogP contribution is -2.31. The second-order valence-corrected chi connectivity index (χ2v) is 5.39. The maximum Gasteiger partial charge on any atom is 0.258 e. The fourth-order valence-electron chi connectivity index (χ4n) is 1.98. The summed E-state index contributed by atoms with van der Waals surface area (Å²) in [6.45, 7) is 2.61. The SMILES string of the molecule is CCN(C(=O)c1ccc(OC)cc1)c1ccccc1I. The first-order valence-electron chi connectivity index (χ1n) is 6.37. The van der Waals surface area contributed by atoms with E-state index in [4.69, 9.17) is 4.74 Å². The van der Waals surface area contributed by atoms with Gasteiger partial charge in [-0.1, -0.05) is 12.1 Å². The van der Waals surface area contributed by atoms with Crippen LogP contribution >= 0.6 is 22.6 Å². The fourth-order valence-corrected chi connectivity index (χ4v) is 2.66. The van der Waals surface area contributed by atoms with Crippen LogP contribution in [0.15, 0.2) is 48.5 Å². The molecule has 4 heteroatoms. The highest BCUT2D eigenvalue weighted by Crippen LogP contribution is 2.24. The molecule has 0 radical (unpaired) electrons. The predicted octanol–water partition coefficient (Wildman–Crippen LogP) is 3.97. The summed E-state index contributed by atoms with van der Waals surface area (Å²) in [6.07, 6.45) is 0. The molecule has 0 bridgehead atoms. The number of hydrogen-bond acceptors (Lipinski definition) is 2. The molecule has 0 spiro atoms. The van der Waals surface area contributed by atoms with Gasteiger partial charge in [0.25, 0.3) is 5.91 Å². The minimum atomic E-state index is -0.000677. The van der Waals surface area contributed by atoms with E-state index >= 15 is 0 Å². The quantitative estimate of drug-likeness (QED) is 0.751. The van der Waals surface area contributed by atoms with Crippen molar-refractivity contribution in [3.05, 3.63) is 57.7 Å². The zero-order chi connectivity index (χ0) is 14.5. The number of anilines is 1. The summed E-state index contributed by atoms with van der Waals surface area (Å²) in [4.78, 5) is 14.4. The lowest BCUT2D eigenvalue weighted by molar-refractivity contribution is 0.0988. The van der Waals surface area contributed by atoms with E-state index in [1.54, 1.807) is 36.3 Å². The minimum absolute atomic E-state index is 0.000677. The third-order valence-electron chi connectivity index (χ3n) is 3.04. The highest BCUT2D eigenvalue weighted by Gasteiger charge is 2.17. The monoisotopic (exact) mass is 381 g/mol. The third kappa shape index (κ3) is 3.12. The van der Waals surface area contributed by atoms with Crippen molar-refractivity contribution in [2.75, 3.05) is 18.6 Å². The van der Waals surface area contributed by atoms with E-state index in [9.17, 15) is 4.79 Å². The van der Waals surface area contributed by atoms with Crippen molar-refractivity contribution in [1.29, 1.82) is 0 Å². The van der Waals surface area contributed by atoms with Crippen LogP contribution in [0, 0.1) is 3.57 Å². The molecule has 0 aromatic heterocycles. The number of rotatable bonds is 4. The van der Waals surface area contributed by atoms with Crippen LogP contribution < -0.4 is 9.64 Å². The van der Waals surface area contributed by atoms with E-state index in [0.717, 1.165) is 15.0 Å². The van der Waals surface area contributed by atoms with Crippen LogP contribution in [0.3, 0.4) is 0 Å². The Labute approximate surface area is 132 Å². The van der Waals surface area contributed by atoms with Gasteiger partial charge in [0, 0.05) is 15.7 Å². The van der Waals surface area contributed by atoms with E-state index in [-0.39, 0.29) is 5.91 Å². The number of para-hydroxylation sites is 1. The van der Waals surface area contributed by atoms with Gasteiger partial charge in [-0.25, -0.2) is 0 Å². The lowest BCUT2D eigenvalue weighted by Gasteiger charge is -2.22. The summed E-state index contributed by atoms with van der Waals surface area (Å²) in [5.41, 5.74) is 1.60. The van der Waals surface area contributed by atoms with Gasteiger partial charge >= 0.3 is 0 Å². The highest BCUT2D eigenvalue weighted by molar-refractivity contribution is 14.1. The average Bonchev–Trinajstić information content (AvgIpc) is 2.50. The van der Waals surface area contributed by atoms with Gasteiger partial charge in [-0.05, 0) is 65.9 Å². The summed E-state index contributed by atoms with van der Waals surface area (Å²) in [7, 11) is 1.61. The van der Waals surface area contributed by atoms with Crippen LogP contribution in [0.2, 0.25) is 0 Å². The molecular weight excluding hydrogens is 365 g/mol. The molecule has 2 rings (SSSR count). The van der Waals surface area contributed by atoms with Gasteiger partial charge in [0.15, 0.2) is 0 Å². The highest BCUT2D eigenvalue weighted by atomic mass is 127. The Balaban J connectivity index is 2.31. The number of amides is 1. The number of carbonyl (C=O) groups excluding carboxylic acids is 1. The maximum atomic E-state index is 12.6. The molecule has 0 N–H and O–H groups in total. The van der Waals surface area contributed by atoms with Gasteiger partial charge in [0.2, 0.25) is 0 Å². The first-order valence-corrected chi connectivity index (χ1v) is 7.45. The summed E-state index contributed by atoms with van der Waals surface area (Å²) in [6, 6.07) is 15.1. The molecule has 0 fully saturated rings. The van der Waals surface area contributed by atoms with E-state index in [2.05, 4.69) is 22.6 Å². The Kier molecular flexibility index (Phi) is 5.00. The van der Waals surface area contributed by atoms with Gasteiger partial charge in [0.05, 0.1) is 12.8 Å². The molecule has 2 aromatic rings. The standard InChI is InChI=1S/C16H16INO2/c1-3-18(15-7-5-4-6-14(15)17)16(19)12-8-10-13(20-2)11-9-12/h4-11H,3H2,1-2H3. The van der Waals surface area contributed by atoms with Crippen LogP contribution in [0.4, 0.5) is 5.69 Å². The summed E-state index contributed by atoms with van der Waals surface area (Å²) < 4.78 is 6.18. The zero-order valence-corrected chi connectivity index (χ0v) is 13.6. The first-order chi connectivity index (χ1) is 9.67. The lowest BCUT2D eigenvalue weighted by atomic mass is 10.1. The van der Waals surface area contributed by atoms with E-state index in [1.165, 1.54) is 0 Å². The van der Waals surface area contributed by atoms with Gasteiger partial charge in [-0.3, -0.25) is 4.79 Å². The molecule has 0 aliphatic carbocycles. The average molecular weight is 381 g/mol. The number of hydrogen-bond donors (Lipinski definition) is 0. The number of carbonyl (C=O) groups is 1. The summed E-state index contributed by atoms with van der Waals surface area (Å²) >= 11 is 2.25. The van der Waals surface area contributed by atoms with Crippen molar-refractivity contribution >= 4 is 34.2 Å². The van der Waals surface area contributed by atoms with E-state index in [0.29, 0.717) is 12.1 Å². The Morgan fingerprint density at radius 2 is 1.80 bits per heavy atom. The molecule has 20 heavy (non-hydrogen) atoms. The molecule has 104 valence electrons. The molecule has 0 saturated heterocycles. The van der Waals surface area contributed by atoms with Gasteiger partial charge in [0.1, 0.15) is 5.75 Å². The Hall–Kier alpha value is -1.56. The van der Waals surface area contributed by atoms with E-state index in [1.807, 2.05) is 31.2 Å². The van der Waals surface area contributed by atoms with Crippen LogP contribution in [0.25, 0.3) is 0 Å². The molecule has 0 heterocycles. The van der Waals surface area contributed by atoms with Crippen LogP contribution in [-0.2, 0) is 0 Å². The summed E-state index contributed by atoms with van der Waals surface area (Å²) in [5, 5.41) is 0. The van der Waals surface area contributed by atoms with E-state index < -0.39 is 0 Å². The molecule has 1 amide bonds. The third-order valence-corrected chi connectivity index (χ3v) is 3.95.